The third kappa shape index (κ3) is 4.53. The van der Waals surface area contributed by atoms with Crippen molar-refractivity contribution in [1.82, 2.24) is 19.1 Å². The Bertz CT molecular complexity index is 1840. The number of rotatable bonds is 6. The van der Waals surface area contributed by atoms with Crippen molar-refractivity contribution in [3.63, 3.8) is 0 Å². The molecule has 4 atom stereocenters. The number of methoxy groups -OCH3 is 1. The normalized spacial score (nSPS) is 27.5. The molecule has 2 amide bonds. The Morgan fingerprint density at radius 1 is 1.04 bits per heavy atom. The van der Waals surface area contributed by atoms with Crippen LogP contribution >= 0.6 is 0 Å². The average Bonchev–Trinajstić information content (AvgIpc) is 3.27. The summed E-state index contributed by atoms with van der Waals surface area (Å²) in [5.74, 6) is 0.867. The molecule has 3 aliphatic heterocycles. The number of nitrogens with zero attached hydrogens (tertiary/aromatic N) is 3. The molecule has 0 radical (unpaired) electrons. The van der Waals surface area contributed by atoms with Crippen LogP contribution in [0.3, 0.4) is 0 Å². The minimum Gasteiger partial charge on any atom is -0.497 e. The van der Waals surface area contributed by atoms with Crippen molar-refractivity contribution in [3.05, 3.63) is 53.1 Å². The SMILES string of the molecule is CCN1C[C@H]2C[C@H]1CN2C(=O)C12CC1c1cc(OC)ccc1-c1c(C3CCCCC3)c3ccc(C(=O)NS(C)(=O)=O)cc3n1C2. The number of piperazine rings is 1. The number of carbonyl (C=O) groups is 2. The van der Waals surface area contributed by atoms with E-state index in [2.05, 4.69) is 38.1 Å². The molecule has 3 aromatic rings. The van der Waals surface area contributed by atoms with Crippen molar-refractivity contribution in [2.75, 3.05) is 33.0 Å². The summed E-state index contributed by atoms with van der Waals surface area (Å²) in [4.78, 5) is 32.5. The molecule has 2 aromatic carbocycles. The molecule has 1 aromatic heterocycles. The van der Waals surface area contributed by atoms with Gasteiger partial charge in [0.1, 0.15) is 5.75 Å². The predicted octanol–water partition coefficient (Wildman–Crippen LogP) is 4.85. The van der Waals surface area contributed by atoms with Gasteiger partial charge in [0, 0.05) is 59.7 Å². The number of likely N-dealkylation sites (N-methyl/N-ethyl adjacent to an activating group) is 1. The molecule has 2 aliphatic carbocycles. The monoisotopic (exact) mass is 630 g/mol. The first-order valence-corrected chi connectivity index (χ1v) is 18.4. The first-order valence-electron chi connectivity index (χ1n) is 16.5. The Morgan fingerprint density at radius 3 is 2.53 bits per heavy atom. The van der Waals surface area contributed by atoms with E-state index in [1.54, 1.807) is 13.2 Å². The van der Waals surface area contributed by atoms with E-state index in [1.807, 2.05) is 18.2 Å². The number of nitrogens with one attached hydrogen (secondary N) is 1. The number of hydrogen-bond donors (Lipinski definition) is 1. The first kappa shape index (κ1) is 29.1. The molecule has 2 bridgehead atoms. The molecular formula is C35H42N4O5S. The Kier molecular flexibility index (Phi) is 6.66. The van der Waals surface area contributed by atoms with Gasteiger partial charge in [0.05, 0.1) is 24.5 Å². The Morgan fingerprint density at radius 2 is 1.84 bits per heavy atom. The van der Waals surface area contributed by atoms with Crippen LogP contribution in [-0.2, 0) is 21.4 Å². The lowest BCUT2D eigenvalue weighted by Gasteiger charge is -2.36. The number of carbonyl (C=O) groups excluding carboxylic acids is 2. The van der Waals surface area contributed by atoms with Crippen LogP contribution in [0.25, 0.3) is 22.2 Å². The molecule has 0 spiro atoms. The molecular weight excluding hydrogens is 588 g/mol. The van der Waals surface area contributed by atoms with Gasteiger partial charge < -0.3 is 14.2 Å². The molecule has 10 heteroatoms. The molecule has 1 N–H and O–H groups in total. The highest BCUT2D eigenvalue weighted by Crippen LogP contribution is 2.66. The summed E-state index contributed by atoms with van der Waals surface area (Å²) < 4.78 is 34.1. The maximum absolute atomic E-state index is 14.8. The zero-order chi connectivity index (χ0) is 31.2. The minimum atomic E-state index is -3.72. The van der Waals surface area contributed by atoms with E-state index in [0.29, 0.717) is 24.1 Å². The van der Waals surface area contributed by atoms with Crippen LogP contribution in [0.1, 0.15) is 85.2 Å². The Balaban J connectivity index is 1.32. The van der Waals surface area contributed by atoms with E-state index in [4.69, 9.17) is 4.74 Å². The summed E-state index contributed by atoms with van der Waals surface area (Å²) in [6, 6.07) is 12.6. The predicted molar refractivity (Wildman–Crippen MR) is 173 cm³/mol. The quantitative estimate of drug-likeness (QED) is 0.418. The van der Waals surface area contributed by atoms with E-state index in [-0.39, 0.29) is 17.9 Å². The lowest BCUT2D eigenvalue weighted by molar-refractivity contribution is -0.140. The zero-order valence-electron chi connectivity index (χ0n) is 26.3. The van der Waals surface area contributed by atoms with Gasteiger partial charge in [0.15, 0.2) is 0 Å². The molecule has 2 saturated heterocycles. The van der Waals surface area contributed by atoms with Crippen molar-refractivity contribution >= 4 is 32.7 Å². The lowest BCUT2D eigenvalue weighted by Crippen LogP contribution is -2.51. The smallest absolute Gasteiger partial charge is 0.264 e. The number of sulfonamides is 1. The van der Waals surface area contributed by atoms with Crippen LogP contribution in [0.4, 0.5) is 0 Å². The fourth-order valence-corrected chi connectivity index (χ4v) is 9.78. The summed E-state index contributed by atoms with van der Waals surface area (Å²) in [7, 11) is -2.03. The average molecular weight is 631 g/mol. The van der Waals surface area contributed by atoms with Gasteiger partial charge in [-0.2, -0.15) is 0 Å². The van der Waals surface area contributed by atoms with Crippen LogP contribution in [0.15, 0.2) is 36.4 Å². The van der Waals surface area contributed by atoms with E-state index in [1.165, 1.54) is 30.4 Å². The van der Waals surface area contributed by atoms with Gasteiger partial charge >= 0.3 is 0 Å². The van der Waals surface area contributed by atoms with Gasteiger partial charge in [-0.25, -0.2) is 13.1 Å². The number of ether oxygens (including phenoxy) is 1. The van der Waals surface area contributed by atoms with Crippen molar-refractivity contribution in [2.45, 2.75) is 82.3 Å². The van der Waals surface area contributed by atoms with Crippen molar-refractivity contribution in [1.29, 1.82) is 0 Å². The summed E-state index contributed by atoms with van der Waals surface area (Å²) in [5.41, 5.74) is 5.39. The first-order chi connectivity index (χ1) is 21.6. The van der Waals surface area contributed by atoms with Crippen molar-refractivity contribution < 1.29 is 22.7 Å². The van der Waals surface area contributed by atoms with Crippen LogP contribution in [0.5, 0.6) is 5.75 Å². The fraction of sp³-hybridized carbons (Fsp3) is 0.543. The number of fused-ring (bicyclic) bond motifs is 9. The maximum atomic E-state index is 14.8. The van der Waals surface area contributed by atoms with Gasteiger partial charge in [-0.15, -0.1) is 0 Å². The number of benzene rings is 2. The molecule has 238 valence electrons. The second-order valence-electron chi connectivity index (χ2n) is 14.1. The Hall–Kier alpha value is -3.37. The van der Waals surface area contributed by atoms with E-state index >= 15 is 0 Å². The second kappa shape index (κ2) is 10.3. The third-order valence-corrected chi connectivity index (χ3v) is 12.1. The molecule has 4 fully saturated rings. The Labute approximate surface area is 264 Å². The standard InChI is InChI=1S/C35H42N4O5S/c1-4-37-18-24-15-23(37)19-38(24)34(41)35-17-29(35)28-16-25(44-2)11-13-26(28)32-31(21-8-6-5-7-9-21)27-12-10-22(14-30(27)39(32)20-35)33(40)36-45(3,42)43/h10-14,16,21,23-24,29H,4-9,15,17-20H2,1-3H3,(H,36,40)/t23-,24+,29?,35?/m0/s1. The highest BCUT2D eigenvalue weighted by molar-refractivity contribution is 7.89. The maximum Gasteiger partial charge on any atom is 0.264 e. The lowest BCUT2D eigenvalue weighted by atomic mass is 9.81. The summed E-state index contributed by atoms with van der Waals surface area (Å²) in [5, 5.41) is 1.09. The van der Waals surface area contributed by atoms with Crippen LogP contribution in [-0.4, -0.2) is 79.7 Å². The number of amides is 2. The van der Waals surface area contributed by atoms with E-state index in [0.717, 1.165) is 79.5 Å². The van der Waals surface area contributed by atoms with E-state index < -0.39 is 21.3 Å². The molecule has 4 heterocycles. The highest BCUT2D eigenvalue weighted by atomic mass is 32.2. The van der Waals surface area contributed by atoms with Gasteiger partial charge in [-0.1, -0.05) is 32.3 Å². The van der Waals surface area contributed by atoms with Crippen LogP contribution in [0.2, 0.25) is 0 Å². The topological polar surface area (TPSA) is 101 Å². The molecule has 5 aliphatic rings. The fourth-order valence-electron chi connectivity index (χ4n) is 9.32. The van der Waals surface area contributed by atoms with Crippen molar-refractivity contribution in [2.24, 2.45) is 5.41 Å². The molecule has 8 rings (SSSR count). The highest BCUT2D eigenvalue weighted by Gasteiger charge is 2.65. The summed E-state index contributed by atoms with van der Waals surface area (Å²) >= 11 is 0. The van der Waals surface area contributed by atoms with Crippen molar-refractivity contribution in [3.8, 4) is 17.0 Å². The minimum absolute atomic E-state index is 0.0855. The number of aromatic nitrogens is 1. The largest absolute Gasteiger partial charge is 0.497 e. The molecule has 9 nitrogen and oxygen atoms in total. The van der Waals surface area contributed by atoms with E-state index in [9.17, 15) is 18.0 Å². The molecule has 45 heavy (non-hydrogen) atoms. The molecule has 2 saturated carbocycles. The zero-order valence-corrected chi connectivity index (χ0v) is 27.2. The third-order valence-electron chi connectivity index (χ3n) is 11.5. The van der Waals surface area contributed by atoms with Crippen LogP contribution in [0, 0.1) is 5.41 Å². The number of hydrogen-bond acceptors (Lipinski definition) is 6. The number of likely N-dealkylation sites (tertiary alicyclic amines) is 2. The van der Waals surface area contributed by atoms with Gasteiger partial charge in [0.2, 0.25) is 15.9 Å². The van der Waals surface area contributed by atoms with Crippen LogP contribution < -0.4 is 9.46 Å². The molecule has 2 unspecified atom stereocenters. The van der Waals surface area contributed by atoms with Gasteiger partial charge in [0.25, 0.3) is 5.91 Å². The van der Waals surface area contributed by atoms with Gasteiger partial charge in [-0.05, 0) is 79.6 Å². The van der Waals surface area contributed by atoms with Gasteiger partial charge in [-0.3, -0.25) is 14.5 Å². The summed E-state index contributed by atoms with van der Waals surface area (Å²) in [6.45, 7) is 5.49. The second-order valence-corrected chi connectivity index (χ2v) is 15.8. The summed E-state index contributed by atoms with van der Waals surface area (Å²) in [6.07, 6.45) is 8.62.